The number of hydrogen-bond donors (Lipinski definition) is 8. The Morgan fingerprint density at radius 1 is 0.483 bits per heavy atom. The zero-order valence-electron chi connectivity index (χ0n) is 80.4. The molecule has 12 amide bonds. The first kappa shape index (κ1) is 104. The summed E-state index contributed by atoms with van der Waals surface area (Å²) in [5.74, 6) is -1.07. The van der Waals surface area contributed by atoms with Crippen molar-refractivity contribution in [2.75, 3.05) is 176 Å². The van der Waals surface area contributed by atoms with Gasteiger partial charge in [-0.2, -0.15) is 0 Å². The summed E-state index contributed by atoms with van der Waals surface area (Å²) in [4.78, 5) is 182. The van der Waals surface area contributed by atoms with Crippen LogP contribution in [-0.4, -0.2) is 263 Å². The molecule has 16 rings (SSSR count). The number of piperidine rings is 2. The minimum atomic E-state index is -1.06. The second-order valence-corrected chi connectivity index (χ2v) is 35.4. The van der Waals surface area contributed by atoms with Gasteiger partial charge in [0, 0.05) is 155 Å². The first-order valence-corrected chi connectivity index (χ1v) is 47.7. The molecule has 2 atom stereocenters. The van der Waals surface area contributed by atoms with Gasteiger partial charge in [0.15, 0.2) is 0 Å². The molecule has 6 aliphatic heterocycles. The van der Waals surface area contributed by atoms with Crippen LogP contribution in [0.1, 0.15) is 133 Å². The number of benzene rings is 8. The van der Waals surface area contributed by atoms with Gasteiger partial charge in [0.05, 0.1) is 85.8 Å². The Labute approximate surface area is 844 Å². The van der Waals surface area contributed by atoms with Crippen LogP contribution in [0.5, 0.6) is 34.5 Å². The summed E-state index contributed by atoms with van der Waals surface area (Å²) in [6, 6.07) is 36.3. The maximum absolute atomic E-state index is 13.7. The summed E-state index contributed by atoms with van der Waals surface area (Å²) < 4.78 is 48.6. The smallest absolute Gasteiger partial charge is 0.327 e. The van der Waals surface area contributed by atoms with E-state index < -0.39 is 84.5 Å². The summed E-state index contributed by atoms with van der Waals surface area (Å²) >= 11 is 25.7. The molecule has 4 fully saturated rings. The predicted octanol–water partition coefficient (Wildman–Crippen LogP) is 15.0. The fraction of sp³-hybridized carbons (Fsp3) is 0.360. The highest BCUT2D eigenvalue weighted by Crippen LogP contribution is 2.47. The summed E-state index contributed by atoms with van der Waals surface area (Å²) in [7, 11) is 7.88. The van der Waals surface area contributed by atoms with Gasteiger partial charge in [0.2, 0.25) is 23.6 Å². The number of alkyl halides is 1. The number of anilines is 10. The van der Waals surface area contributed by atoms with E-state index in [2.05, 4.69) is 66.5 Å². The molecule has 2 aromatic heterocycles. The highest BCUT2D eigenvalue weighted by atomic mass is 35.5. The zero-order chi connectivity index (χ0) is 103. The Hall–Kier alpha value is -14.4. The number of piperazine rings is 2. The molecule has 6 aliphatic rings. The topological polar surface area (TPSA) is 456 Å². The summed E-state index contributed by atoms with van der Waals surface area (Å²) in [6.07, 6.45) is 11.9. The molecule has 754 valence electrons. The van der Waals surface area contributed by atoms with Crippen LogP contribution in [0.2, 0.25) is 20.1 Å². The highest BCUT2D eigenvalue weighted by molar-refractivity contribution is 6.43. The van der Waals surface area contributed by atoms with E-state index in [0.717, 1.165) is 135 Å². The van der Waals surface area contributed by atoms with Gasteiger partial charge in [-0.1, -0.05) is 103 Å². The van der Waals surface area contributed by atoms with E-state index in [1.807, 2.05) is 77.7 Å². The van der Waals surface area contributed by atoms with Crippen molar-refractivity contribution in [1.82, 2.24) is 50.2 Å². The lowest BCUT2D eigenvalue weighted by atomic mass is 9.91. The third-order valence-corrected chi connectivity index (χ3v) is 26.2. The first-order valence-electron chi connectivity index (χ1n) is 46.9. The SMILES string of the molecule is COc1cc(OC)c(Cl)c(NC(=O)N(C)c2cc(Nc3ccc(N4CCN(CC(=O)CCCCCCCOc5cc6c7c(cccc7c5)C(=O)N(C5CCC(=O)NC5=O)C6=O)CC4)cc3)ncn2)c1Cl.COc1cc(OC)c(Cl)c(NC(=O)N(C)c2cc(Nc3ccc(N4CCN(CC(=O)O)CC4)cc3)ncn2)c1Cl.NCCCCCCOc1cc2c3c(cccc3c1)C(=O)N(C1CCC(=O)NC1=O)C2=O.[2H]CF. The largest absolute Gasteiger partial charge is 0.495 e. The number of aliphatic carboxylic acids is 1. The van der Waals surface area contributed by atoms with Crippen molar-refractivity contribution in [3.63, 3.8) is 0 Å². The van der Waals surface area contributed by atoms with Crippen LogP contribution in [0.3, 0.4) is 0 Å². The predicted molar refractivity (Wildman–Crippen MR) is 542 cm³/mol. The van der Waals surface area contributed by atoms with Crippen molar-refractivity contribution in [3.8, 4) is 34.5 Å². The summed E-state index contributed by atoms with van der Waals surface area (Å²) in [5, 5.41) is 28.4. The fourth-order valence-electron chi connectivity index (χ4n) is 17.2. The number of hydrogen-bond acceptors (Lipinski definition) is 29. The molecule has 2 unspecified atom stereocenters. The van der Waals surface area contributed by atoms with Crippen LogP contribution in [0, 0.1) is 0 Å². The molecule has 143 heavy (non-hydrogen) atoms. The van der Waals surface area contributed by atoms with E-state index in [0.29, 0.717) is 130 Å². The lowest BCUT2D eigenvalue weighted by Crippen LogP contribution is -2.57. The summed E-state index contributed by atoms with van der Waals surface area (Å²) in [5.41, 5.74) is 10.8. The van der Waals surface area contributed by atoms with Crippen LogP contribution in [-0.2, 0) is 28.8 Å². The van der Waals surface area contributed by atoms with Crippen molar-refractivity contribution >= 4 is 196 Å². The molecule has 10 aromatic rings. The summed E-state index contributed by atoms with van der Waals surface area (Å²) in [6.45, 7) is 8.18. The maximum Gasteiger partial charge on any atom is 0.327 e. The van der Waals surface area contributed by atoms with Crippen LogP contribution < -0.4 is 85.7 Å². The molecule has 38 nitrogen and oxygen atoms in total. The molecular formula is C100H110Cl4FN19O19. The van der Waals surface area contributed by atoms with Gasteiger partial charge < -0.3 is 70.3 Å². The van der Waals surface area contributed by atoms with E-state index in [9.17, 15) is 61.9 Å². The van der Waals surface area contributed by atoms with Crippen LogP contribution >= 0.6 is 46.4 Å². The number of halogens is 5. The number of methoxy groups -OCH3 is 4. The number of imide groups is 4. The molecule has 43 heteroatoms. The van der Waals surface area contributed by atoms with Crippen molar-refractivity contribution < 1.29 is 96.8 Å². The molecule has 0 radical (unpaired) electrons. The Morgan fingerprint density at radius 3 is 1.23 bits per heavy atom. The molecule has 0 bridgehead atoms. The number of Topliss-reactive ketones (excluding diaryl/α,β-unsaturated/α-hetero) is 1. The van der Waals surface area contributed by atoms with Crippen molar-refractivity contribution in [2.24, 2.45) is 5.73 Å². The van der Waals surface area contributed by atoms with Gasteiger partial charge in [0.1, 0.15) is 108 Å². The van der Waals surface area contributed by atoms with Gasteiger partial charge in [-0.05, 0) is 141 Å². The van der Waals surface area contributed by atoms with E-state index in [1.165, 1.54) is 63.0 Å². The number of ketones is 1. The zero-order valence-corrected chi connectivity index (χ0v) is 82.5. The minimum Gasteiger partial charge on any atom is -0.495 e. The molecule has 9 N–H and O–H groups in total. The van der Waals surface area contributed by atoms with Crippen molar-refractivity contribution in [3.05, 3.63) is 188 Å². The number of nitrogens with one attached hydrogen (secondary N) is 6. The first-order chi connectivity index (χ1) is 69.4. The second kappa shape index (κ2) is 49.9. The minimum absolute atomic E-state index is 0.0450. The molecule has 0 aliphatic carbocycles. The number of carboxylic acids is 1. The van der Waals surface area contributed by atoms with Gasteiger partial charge in [0.25, 0.3) is 23.6 Å². The van der Waals surface area contributed by atoms with Crippen LogP contribution in [0.25, 0.3) is 21.5 Å². The van der Waals surface area contributed by atoms with E-state index in [4.69, 9.17) is 87.0 Å². The van der Waals surface area contributed by atoms with Crippen molar-refractivity contribution in [1.29, 1.82) is 0 Å². The Morgan fingerprint density at radius 2 is 0.853 bits per heavy atom. The lowest BCUT2D eigenvalue weighted by molar-refractivity contribution is -0.139. The van der Waals surface area contributed by atoms with Gasteiger partial charge >= 0.3 is 18.0 Å². The third-order valence-electron chi connectivity index (χ3n) is 24.7. The van der Waals surface area contributed by atoms with E-state index >= 15 is 0 Å². The molecule has 8 heterocycles. The highest BCUT2D eigenvalue weighted by Gasteiger charge is 2.45. The van der Waals surface area contributed by atoms with Crippen LogP contribution in [0.15, 0.2) is 146 Å². The normalized spacial score (nSPS) is 15.7. The maximum atomic E-state index is 13.7. The number of carbonyl (C=O) groups excluding carboxylic acids is 11. The number of ether oxygens (including phenoxy) is 6. The molecule has 4 saturated heterocycles. The van der Waals surface area contributed by atoms with Gasteiger partial charge in [-0.25, -0.2) is 29.5 Å². The number of carboxylic acid groups (broad SMARTS) is 1. The fourth-order valence-corrected chi connectivity index (χ4v) is 18.3. The Balaban J connectivity index is 0.000000197. The van der Waals surface area contributed by atoms with Gasteiger partial charge in [-0.3, -0.25) is 92.4 Å². The quantitative estimate of drug-likeness (QED) is 0.0133. The third kappa shape index (κ3) is 26.0. The number of aromatic nitrogens is 4. The molecule has 0 spiro atoms. The molecule has 0 saturated carbocycles. The lowest BCUT2D eigenvalue weighted by Gasteiger charge is -2.35. The number of unbranched alkanes of at least 4 members (excludes halogenated alkanes) is 7. The van der Waals surface area contributed by atoms with E-state index in [-0.39, 0.29) is 81.0 Å². The Bertz CT molecular complexity index is 6370. The number of nitrogens with two attached hydrogens (primary N) is 1. The van der Waals surface area contributed by atoms with E-state index in [1.54, 1.807) is 62.6 Å². The van der Waals surface area contributed by atoms with Crippen molar-refractivity contribution in [2.45, 2.75) is 102 Å². The molecule has 8 aromatic carbocycles. The van der Waals surface area contributed by atoms with Crippen LogP contribution in [0.4, 0.5) is 71.4 Å². The number of nitrogens with zero attached hydrogens (tertiary/aromatic N) is 12. The second-order valence-electron chi connectivity index (χ2n) is 33.9. The number of carbonyl (C=O) groups is 12. The monoisotopic (exact) mass is 2040 g/mol. The average molecular weight is 2040 g/mol. The number of amides is 12. The number of urea groups is 2. The van der Waals surface area contributed by atoms with Gasteiger partial charge in [-0.15, -0.1) is 0 Å². The number of rotatable bonds is 36. The average Bonchev–Trinajstić information content (AvgIpc) is 0.741. The Kier molecular flexibility index (Phi) is 36.4. The standard InChI is InChI=1S/C50H53Cl2N9O9.C26H29Cl2N7O5.C23H25N3O5.CH3F/c1-58(50(67)57-46-44(51)38(68-2)26-39(69-3)45(46)52)41-27-40(53-29-54-41)55-31-13-15-32(16-14-31)60-21-19-59(20-22-60)28-33(62)11-7-5-4-6-8-23-70-34-24-30-10-9-12-35-43(30)36(25-34)49(66)61(48(35)65)37-17-18-42(63)56-47(37)64;1-33(26(38)32-25-23(27)18(39-2)12-19(40-3)24(25)28)21-13-20(29-15-30-21)31-16-4-6-17(7-5-16)35-10-8-34(9-11-35)14-22(36)37;24-10-3-1-2-4-11-31-15-12-14-6-5-7-16-20(14)17(13-15)23(30)26(22(16)29)18-8-9-19(27)25-21(18)28;1-2/h9-10,12-16,24-27,29,37H,4-8,11,17-23,28H2,1-3H3,(H,57,67)(H,53,54,55)(H,56,63,64);4-7,12-13,15H,8-11,14H2,1-3H3,(H,32,38)(H,36,37)(H,29,30,31);5-7,12-13,18H,1-4,8-11,24H2,(H,25,27,28);1H3/i;;;1D. The molecular weight excluding hydrogens is 1930 g/mol.